The van der Waals surface area contributed by atoms with Gasteiger partial charge >= 0.3 is 0 Å². The van der Waals surface area contributed by atoms with E-state index in [0.717, 1.165) is 22.9 Å². The summed E-state index contributed by atoms with van der Waals surface area (Å²) in [5.41, 5.74) is 8.70. The van der Waals surface area contributed by atoms with E-state index in [1.54, 1.807) is 17.5 Å². The van der Waals surface area contributed by atoms with Crippen LogP contribution in [-0.4, -0.2) is 9.97 Å². The Kier molecular flexibility index (Phi) is 2.91. The van der Waals surface area contributed by atoms with Gasteiger partial charge in [0.2, 0.25) is 0 Å². The predicted octanol–water partition coefficient (Wildman–Crippen LogP) is 3.05. The first-order valence-corrected chi connectivity index (χ1v) is 7.02. The number of thiazole rings is 1. The van der Waals surface area contributed by atoms with Gasteiger partial charge in [-0.25, -0.2) is 9.97 Å². The third kappa shape index (κ3) is 2.18. The van der Waals surface area contributed by atoms with Crippen molar-refractivity contribution < 1.29 is 0 Å². The maximum atomic E-state index is 5.70. The molecule has 0 fully saturated rings. The second-order valence-corrected chi connectivity index (χ2v) is 5.74. The number of nitrogens with two attached hydrogens (primary N) is 1. The fourth-order valence-corrected chi connectivity index (χ4v) is 3.28. The molecular weight excluding hydrogens is 244 g/mol. The number of nitrogen functional groups attached to an aromatic ring is 1. The van der Waals surface area contributed by atoms with E-state index >= 15 is 0 Å². The van der Waals surface area contributed by atoms with Crippen molar-refractivity contribution in [2.75, 3.05) is 11.1 Å². The standard InChI is InChI=1S/C13H16N4S/c1-8-6-9(14)7-15-12(8)17-13-16-10-4-2-3-5-11(10)18-13/h6-7H,2-5,14H2,1H3,(H,15,16,17). The molecule has 0 radical (unpaired) electrons. The van der Waals surface area contributed by atoms with Crippen molar-refractivity contribution in [3.8, 4) is 0 Å². The molecule has 4 nitrogen and oxygen atoms in total. The van der Waals surface area contributed by atoms with Crippen LogP contribution in [0.4, 0.5) is 16.6 Å². The monoisotopic (exact) mass is 260 g/mol. The topological polar surface area (TPSA) is 63.8 Å². The highest BCUT2D eigenvalue weighted by atomic mass is 32.1. The van der Waals surface area contributed by atoms with E-state index in [0.29, 0.717) is 5.69 Å². The molecular formula is C13H16N4S. The Bertz CT molecular complexity index is 553. The number of hydrogen-bond acceptors (Lipinski definition) is 5. The lowest BCUT2D eigenvalue weighted by atomic mass is 10.0. The Morgan fingerprint density at radius 3 is 2.94 bits per heavy atom. The van der Waals surface area contributed by atoms with Crippen LogP contribution in [0.1, 0.15) is 29.0 Å². The fourth-order valence-electron chi connectivity index (χ4n) is 2.23. The molecule has 5 heteroatoms. The minimum absolute atomic E-state index is 0.691. The van der Waals surface area contributed by atoms with E-state index in [2.05, 4.69) is 15.3 Å². The summed E-state index contributed by atoms with van der Waals surface area (Å²) in [4.78, 5) is 10.4. The molecule has 2 aromatic heterocycles. The zero-order valence-corrected chi connectivity index (χ0v) is 11.2. The molecule has 3 rings (SSSR count). The van der Waals surface area contributed by atoms with Crippen LogP contribution in [0.5, 0.6) is 0 Å². The number of rotatable bonds is 2. The van der Waals surface area contributed by atoms with E-state index < -0.39 is 0 Å². The van der Waals surface area contributed by atoms with Gasteiger partial charge in [-0.2, -0.15) is 0 Å². The first-order valence-electron chi connectivity index (χ1n) is 6.20. The molecule has 18 heavy (non-hydrogen) atoms. The van der Waals surface area contributed by atoms with Gasteiger partial charge in [-0.1, -0.05) is 0 Å². The molecule has 0 unspecified atom stereocenters. The lowest BCUT2D eigenvalue weighted by molar-refractivity contribution is 0.683. The van der Waals surface area contributed by atoms with Crippen molar-refractivity contribution in [2.24, 2.45) is 0 Å². The minimum atomic E-state index is 0.691. The molecule has 2 heterocycles. The highest BCUT2D eigenvalue weighted by molar-refractivity contribution is 7.15. The molecule has 0 amide bonds. The second kappa shape index (κ2) is 4.57. The van der Waals surface area contributed by atoms with Crippen LogP contribution in [0.3, 0.4) is 0 Å². The highest BCUT2D eigenvalue weighted by Gasteiger charge is 2.15. The SMILES string of the molecule is Cc1cc(N)cnc1Nc1nc2c(s1)CCCC2. The summed E-state index contributed by atoms with van der Waals surface area (Å²) < 4.78 is 0. The summed E-state index contributed by atoms with van der Waals surface area (Å²) in [6.07, 6.45) is 6.50. The van der Waals surface area contributed by atoms with Crippen LogP contribution in [0.2, 0.25) is 0 Å². The number of anilines is 3. The summed E-state index contributed by atoms with van der Waals surface area (Å²) in [7, 11) is 0. The number of pyridine rings is 1. The lowest BCUT2D eigenvalue weighted by Gasteiger charge is -2.06. The van der Waals surface area contributed by atoms with Gasteiger partial charge < -0.3 is 11.1 Å². The van der Waals surface area contributed by atoms with E-state index in [4.69, 9.17) is 5.73 Å². The zero-order chi connectivity index (χ0) is 12.5. The van der Waals surface area contributed by atoms with Crippen molar-refractivity contribution >= 4 is 28.0 Å². The molecule has 0 aliphatic heterocycles. The number of aromatic nitrogens is 2. The molecule has 0 saturated carbocycles. The number of nitrogens with zero attached hydrogens (tertiary/aromatic N) is 2. The smallest absolute Gasteiger partial charge is 0.188 e. The molecule has 0 saturated heterocycles. The quantitative estimate of drug-likeness (QED) is 0.871. The first-order chi connectivity index (χ1) is 8.72. The number of hydrogen-bond donors (Lipinski definition) is 2. The van der Waals surface area contributed by atoms with Gasteiger partial charge in [0.15, 0.2) is 5.13 Å². The van der Waals surface area contributed by atoms with Gasteiger partial charge in [0, 0.05) is 4.88 Å². The summed E-state index contributed by atoms with van der Waals surface area (Å²) in [6, 6.07) is 1.92. The molecule has 0 spiro atoms. The maximum Gasteiger partial charge on any atom is 0.188 e. The van der Waals surface area contributed by atoms with Gasteiger partial charge in [-0.15, -0.1) is 11.3 Å². The van der Waals surface area contributed by atoms with Crippen LogP contribution < -0.4 is 11.1 Å². The van der Waals surface area contributed by atoms with Crippen LogP contribution >= 0.6 is 11.3 Å². The van der Waals surface area contributed by atoms with E-state index in [1.807, 2.05) is 13.0 Å². The van der Waals surface area contributed by atoms with Crippen molar-refractivity contribution in [1.29, 1.82) is 0 Å². The average Bonchev–Trinajstić information content (AvgIpc) is 2.75. The summed E-state index contributed by atoms with van der Waals surface area (Å²) in [5, 5.41) is 4.24. The summed E-state index contributed by atoms with van der Waals surface area (Å²) in [6.45, 7) is 2.00. The van der Waals surface area contributed by atoms with E-state index in [9.17, 15) is 0 Å². The average molecular weight is 260 g/mol. The Labute approximate surface area is 110 Å². The Balaban J connectivity index is 1.85. The third-order valence-corrected chi connectivity index (χ3v) is 4.24. The van der Waals surface area contributed by atoms with Crippen LogP contribution in [0.25, 0.3) is 0 Å². The largest absolute Gasteiger partial charge is 0.397 e. The Hall–Kier alpha value is -1.62. The van der Waals surface area contributed by atoms with Crippen molar-refractivity contribution in [2.45, 2.75) is 32.6 Å². The van der Waals surface area contributed by atoms with Gasteiger partial charge in [0.05, 0.1) is 17.6 Å². The normalized spacial score (nSPS) is 14.3. The van der Waals surface area contributed by atoms with Gasteiger partial charge in [-0.3, -0.25) is 0 Å². The van der Waals surface area contributed by atoms with Crippen molar-refractivity contribution in [1.82, 2.24) is 9.97 Å². The molecule has 0 aromatic carbocycles. The fraction of sp³-hybridized carbons (Fsp3) is 0.385. The highest BCUT2D eigenvalue weighted by Crippen LogP contribution is 2.31. The molecule has 1 aliphatic rings. The third-order valence-electron chi connectivity index (χ3n) is 3.17. The molecule has 2 aromatic rings. The Morgan fingerprint density at radius 1 is 1.33 bits per heavy atom. The van der Waals surface area contributed by atoms with Gasteiger partial charge in [-0.05, 0) is 44.2 Å². The maximum absolute atomic E-state index is 5.70. The van der Waals surface area contributed by atoms with Gasteiger partial charge in [0.25, 0.3) is 0 Å². The number of nitrogens with one attached hydrogen (secondary N) is 1. The van der Waals surface area contributed by atoms with Crippen LogP contribution in [-0.2, 0) is 12.8 Å². The van der Waals surface area contributed by atoms with Crippen molar-refractivity contribution in [3.05, 3.63) is 28.4 Å². The van der Waals surface area contributed by atoms with Crippen molar-refractivity contribution in [3.63, 3.8) is 0 Å². The van der Waals surface area contributed by atoms with Gasteiger partial charge in [0.1, 0.15) is 5.82 Å². The molecule has 0 atom stereocenters. The molecule has 0 bridgehead atoms. The molecule has 3 N–H and O–H groups in total. The first kappa shape index (κ1) is 11.5. The summed E-state index contributed by atoms with van der Waals surface area (Å²) >= 11 is 1.75. The minimum Gasteiger partial charge on any atom is -0.397 e. The van der Waals surface area contributed by atoms with Crippen LogP contribution in [0, 0.1) is 6.92 Å². The lowest BCUT2D eigenvalue weighted by Crippen LogP contribution is -2.00. The van der Waals surface area contributed by atoms with Crippen LogP contribution in [0.15, 0.2) is 12.3 Å². The van der Waals surface area contributed by atoms with E-state index in [1.165, 1.54) is 29.8 Å². The number of fused-ring (bicyclic) bond motifs is 1. The summed E-state index contributed by atoms with van der Waals surface area (Å²) in [5.74, 6) is 0.843. The molecule has 94 valence electrons. The second-order valence-electron chi connectivity index (χ2n) is 4.66. The molecule has 1 aliphatic carbocycles. The zero-order valence-electron chi connectivity index (χ0n) is 10.4. The Morgan fingerprint density at radius 2 is 2.17 bits per heavy atom. The number of aryl methyl sites for hydroxylation is 3. The van der Waals surface area contributed by atoms with E-state index in [-0.39, 0.29) is 0 Å². The predicted molar refractivity (Wildman–Crippen MR) is 75.4 cm³/mol.